The largest absolute Gasteiger partial charge is 0.317 e. The Hall–Kier alpha value is -0.0900. The Balaban J connectivity index is 2.25. The van der Waals surface area contributed by atoms with E-state index in [2.05, 4.69) is 52.3 Å². The second-order valence-corrected chi connectivity index (χ2v) is 6.62. The molecule has 106 valence electrons. The van der Waals surface area contributed by atoms with Crippen molar-refractivity contribution in [2.75, 3.05) is 26.7 Å². The van der Waals surface area contributed by atoms with Crippen LogP contribution < -0.4 is 5.32 Å². The third-order valence-corrected chi connectivity index (χ3v) is 4.77. The van der Waals surface area contributed by atoms with E-state index < -0.39 is 0 Å². The highest BCUT2D eigenvalue weighted by Crippen LogP contribution is 2.38. The Morgan fingerprint density at radius 2 is 2.26 bits per heavy atom. The van der Waals surface area contributed by atoms with Crippen LogP contribution in [0.1, 0.15) is 31.4 Å². The third-order valence-electron chi connectivity index (χ3n) is 3.94. The Morgan fingerprint density at radius 3 is 2.95 bits per heavy atom. The predicted molar refractivity (Wildman–Crippen MR) is 85.8 cm³/mol. The molecule has 0 amide bonds. The summed E-state index contributed by atoms with van der Waals surface area (Å²) < 4.78 is 1.04. The summed E-state index contributed by atoms with van der Waals surface area (Å²) in [5.74, 6) is 0.636. The van der Waals surface area contributed by atoms with Crippen LogP contribution in [0.2, 0.25) is 5.02 Å². The van der Waals surface area contributed by atoms with Gasteiger partial charge in [0, 0.05) is 15.5 Å². The summed E-state index contributed by atoms with van der Waals surface area (Å²) in [4.78, 5) is 2.45. The number of nitrogens with zero attached hydrogens (tertiary/aromatic N) is 1. The molecule has 2 nitrogen and oxygen atoms in total. The van der Waals surface area contributed by atoms with E-state index >= 15 is 0 Å². The summed E-state index contributed by atoms with van der Waals surface area (Å²) in [6.45, 7) is 5.41. The summed E-state index contributed by atoms with van der Waals surface area (Å²) in [6, 6.07) is 6.68. The van der Waals surface area contributed by atoms with Crippen molar-refractivity contribution in [2.24, 2.45) is 5.92 Å². The van der Waals surface area contributed by atoms with E-state index in [1.807, 2.05) is 6.07 Å². The Labute approximate surface area is 129 Å². The third kappa shape index (κ3) is 3.72. The SMILES string of the molecule is CCNCC1CCCN(C)C1c1ccc(Br)cc1Cl. The van der Waals surface area contributed by atoms with E-state index in [9.17, 15) is 0 Å². The topological polar surface area (TPSA) is 15.3 Å². The van der Waals surface area contributed by atoms with Crippen LogP contribution in [-0.2, 0) is 0 Å². The highest BCUT2D eigenvalue weighted by atomic mass is 79.9. The van der Waals surface area contributed by atoms with Gasteiger partial charge in [-0.3, -0.25) is 4.90 Å². The van der Waals surface area contributed by atoms with Gasteiger partial charge in [0.2, 0.25) is 0 Å². The molecule has 0 aliphatic carbocycles. The molecule has 1 aliphatic rings. The van der Waals surface area contributed by atoms with Gasteiger partial charge in [-0.1, -0.05) is 40.5 Å². The molecule has 2 rings (SSSR count). The molecule has 1 aliphatic heterocycles. The van der Waals surface area contributed by atoms with Crippen LogP contribution in [0.15, 0.2) is 22.7 Å². The van der Waals surface area contributed by atoms with Crippen molar-refractivity contribution in [1.29, 1.82) is 0 Å². The first-order valence-corrected chi connectivity index (χ1v) is 8.16. The van der Waals surface area contributed by atoms with E-state index in [1.165, 1.54) is 18.4 Å². The number of nitrogens with one attached hydrogen (secondary N) is 1. The highest BCUT2D eigenvalue weighted by molar-refractivity contribution is 9.10. The van der Waals surface area contributed by atoms with Gasteiger partial charge in [-0.15, -0.1) is 0 Å². The molecule has 0 spiro atoms. The monoisotopic (exact) mass is 344 g/mol. The molecule has 1 aromatic carbocycles. The Morgan fingerprint density at radius 1 is 1.47 bits per heavy atom. The average Bonchev–Trinajstić information content (AvgIpc) is 2.37. The van der Waals surface area contributed by atoms with Gasteiger partial charge in [0.05, 0.1) is 0 Å². The van der Waals surface area contributed by atoms with Crippen molar-refractivity contribution >= 4 is 27.5 Å². The van der Waals surface area contributed by atoms with E-state index in [4.69, 9.17) is 11.6 Å². The highest BCUT2D eigenvalue weighted by Gasteiger charge is 2.31. The van der Waals surface area contributed by atoms with Crippen molar-refractivity contribution in [3.63, 3.8) is 0 Å². The molecule has 0 saturated carbocycles. The van der Waals surface area contributed by atoms with Gasteiger partial charge in [-0.25, -0.2) is 0 Å². The molecule has 1 saturated heterocycles. The minimum Gasteiger partial charge on any atom is -0.317 e. The number of rotatable bonds is 4. The lowest BCUT2D eigenvalue weighted by Gasteiger charge is -2.40. The molecule has 19 heavy (non-hydrogen) atoms. The summed E-state index contributed by atoms with van der Waals surface area (Å²) in [5.41, 5.74) is 1.26. The van der Waals surface area contributed by atoms with Gasteiger partial charge in [-0.05, 0) is 63.1 Å². The van der Waals surface area contributed by atoms with Crippen LogP contribution in [0.4, 0.5) is 0 Å². The molecule has 0 radical (unpaired) electrons. The van der Waals surface area contributed by atoms with E-state index in [1.54, 1.807) is 0 Å². The van der Waals surface area contributed by atoms with Crippen LogP contribution in [0.3, 0.4) is 0 Å². The average molecular weight is 346 g/mol. The van der Waals surface area contributed by atoms with Crippen molar-refractivity contribution in [3.05, 3.63) is 33.3 Å². The van der Waals surface area contributed by atoms with Gasteiger partial charge in [0.25, 0.3) is 0 Å². The zero-order valence-corrected chi connectivity index (χ0v) is 14.0. The van der Waals surface area contributed by atoms with E-state index in [0.717, 1.165) is 29.1 Å². The normalized spacial score (nSPS) is 24.6. The molecule has 2 unspecified atom stereocenters. The molecule has 0 aromatic heterocycles. The minimum absolute atomic E-state index is 0.424. The summed E-state index contributed by atoms with van der Waals surface area (Å²) >= 11 is 9.93. The van der Waals surface area contributed by atoms with Crippen molar-refractivity contribution in [3.8, 4) is 0 Å². The zero-order valence-electron chi connectivity index (χ0n) is 11.6. The molecule has 1 N–H and O–H groups in total. The standard InChI is InChI=1S/C15H22BrClN2/c1-3-18-10-11-5-4-8-19(2)15(11)13-7-6-12(16)9-14(13)17/h6-7,9,11,15,18H,3-5,8,10H2,1-2H3. The maximum atomic E-state index is 6.45. The first-order chi connectivity index (χ1) is 9.13. The second kappa shape index (κ2) is 7.07. The smallest absolute Gasteiger partial charge is 0.0465 e. The first kappa shape index (κ1) is 15.3. The number of piperidine rings is 1. The van der Waals surface area contributed by atoms with E-state index in [0.29, 0.717) is 12.0 Å². The number of likely N-dealkylation sites (tertiary alicyclic amines) is 1. The Bertz CT molecular complexity index is 425. The Kier molecular flexibility index (Phi) is 5.70. The van der Waals surface area contributed by atoms with Crippen LogP contribution in [0.25, 0.3) is 0 Å². The van der Waals surface area contributed by atoms with Crippen molar-refractivity contribution < 1.29 is 0 Å². The second-order valence-electron chi connectivity index (χ2n) is 5.30. The molecular weight excluding hydrogens is 324 g/mol. The van der Waals surface area contributed by atoms with Crippen LogP contribution >= 0.6 is 27.5 Å². The summed E-state index contributed by atoms with van der Waals surface area (Å²) in [7, 11) is 2.21. The van der Waals surface area contributed by atoms with Crippen LogP contribution in [0.5, 0.6) is 0 Å². The van der Waals surface area contributed by atoms with Crippen molar-refractivity contribution in [2.45, 2.75) is 25.8 Å². The molecule has 1 heterocycles. The van der Waals surface area contributed by atoms with Gasteiger partial charge < -0.3 is 5.32 Å². The molecule has 2 atom stereocenters. The predicted octanol–water partition coefficient (Wildman–Crippen LogP) is 4.09. The first-order valence-electron chi connectivity index (χ1n) is 6.99. The van der Waals surface area contributed by atoms with Gasteiger partial charge in [0.15, 0.2) is 0 Å². The van der Waals surface area contributed by atoms with Gasteiger partial charge in [-0.2, -0.15) is 0 Å². The number of halogens is 2. The summed E-state index contributed by atoms with van der Waals surface area (Å²) in [6.07, 6.45) is 2.55. The number of hydrogen-bond donors (Lipinski definition) is 1. The van der Waals surface area contributed by atoms with Crippen LogP contribution in [-0.4, -0.2) is 31.6 Å². The van der Waals surface area contributed by atoms with Crippen molar-refractivity contribution in [1.82, 2.24) is 10.2 Å². The fourth-order valence-corrected chi connectivity index (χ4v) is 3.82. The lowest BCUT2D eigenvalue weighted by atomic mass is 9.85. The lowest BCUT2D eigenvalue weighted by molar-refractivity contribution is 0.120. The summed E-state index contributed by atoms with van der Waals surface area (Å²) in [5, 5.41) is 4.36. The molecule has 4 heteroatoms. The quantitative estimate of drug-likeness (QED) is 0.884. The van der Waals surface area contributed by atoms with Gasteiger partial charge in [0.1, 0.15) is 0 Å². The fraction of sp³-hybridized carbons (Fsp3) is 0.600. The molecule has 1 fully saturated rings. The molecule has 1 aromatic rings. The molecular formula is C15H22BrClN2. The van der Waals surface area contributed by atoms with Gasteiger partial charge >= 0.3 is 0 Å². The minimum atomic E-state index is 0.424. The maximum absolute atomic E-state index is 6.45. The van der Waals surface area contributed by atoms with E-state index in [-0.39, 0.29) is 0 Å². The fourth-order valence-electron chi connectivity index (χ4n) is 3.04. The van der Waals surface area contributed by atoms with Crippen LogP contribution in [0, 0.1) is 5.92 Å². The number of benzene rings is 1. The number of hydrogen-bond acceptors (Lipinski definition) is 2. The molecule has 0 bridgehead atoms. The zero-order chi connectivity index (χ0) is 13.8. The maximum Gasteiger partial charge on any atom is 0.0465 e. The lowest BCUT2D eigenvalue weighted by Crippen LogP contribution is -2.40.